The van der Waals surface area contributed by atoms with Gasteiger partial charge < -0.3 is 10.1 Å². The summed E-state index contributed by atoms with van der Waals surface area (Å²) < 4.78 is 7.47. The van der Waals surface area contributed by atoms with Gasteiger partial charge >= 0.3 is 0 Å². The normalized spacial score (nSPS) is 13.3. The van der Waals surface area contributed by atoms with Gasteiger partial charge in [0.25, 0.3) is 0 Å². The fourth-order valence-corrected chi connectivity index (χ4v) is 2.48. The number of pyridine rings is 1. The molecule has 100 valence electrons. The first-order chi connectivity index (χ1) is 9.29. The number of rotatable bonds is 4. The Labute approximate surface area is 111 Å². The Morgan fingerprint density at radius 1 is 1.58 bits per heavy atom. The average molecular weight is 259 g/mol. The van der Waals surface area contributed by atoms with E-state index in [2.05, 4.69) is 10.4 Å². The van der Waals surface area contributed by atoms with Gasteiger partial charge in [0.2, 0.25) is 5.91 Å². The van der Waals surface area contributed by atoms with E-state index in [-0.39, 0.29) is 5.91 Å². The number of nitrogens with one attached hydrogen (secondary N) is 1. The molecule has 5 heteroatoms. The Bertz CT molecular complexity index is 618. The first-order valence-corrected chi connectivity index (χ1v) is 6.67. The Hall–Kier alpha value is -2.04. The van der Waals surface area contributed by atoms with Crippen molar-refractivity contribution >= 4 is 11.4 Å². The molecular weight excluding hydrogens is 242 g/mol. The molecule has 0 saturated carbocycles. The van der Waals surface area contributed by atoms with E-state index in [1.54, 1.807) is 0 Å². The maximum atomic E-state index is 11.2. The number of carbonyl (C=O) groups excluding carboxylic acids is 1. The van der Waals surface area contributed by atoms with Crippen LogP contribution in [-0.2, 0) is 17.6 Å². The van der Waals surface area contributed by atoms with Crippen LogP contribution in [0.1, 0.15) is 24.5 Å². The second-order valence-corrected chi connectivity index (χ2v) is 4.67. The molecule has 0 aliphatic carbocycles. The van der Waals surface area contributed by atoms with Crippen molar-refractivity contribution in [2.75, 3.05) is 13.2 Å². The topological polar surface area (TPSA) is 55.6 Å². The number of ether oxygens (including phenoxy) is 1. The highest BCUT2D eigenvalue weighted by Crippen LogP contribution is 2.30. The van der Waals surface area contributed by atoms with Gasteiger partial charge in [-0.1, -0.05) is 6.92 Å². The molecule has 3 rings (SSSR count). The number of aromatic nitrogens is 2. The van der Waals surface area contributed by atoms with Gasteiger partial charge in [0.1, 0.15) is 5.75 Å². The van der Waals surface area contributed by atoms with E-state index in [0.29, 0.717) is 13.0 Å². The van der Waals surface area contributed by atoms with E-state index in [1.165, 1.54) is 11.1 Å². The Kier molecular flexibility index (Phi) is 3.11. The van der Waals surface area contributed by atoms with Gasteiger partial charge in [0.15, 0.2) is 0 Å². The second-order valence-electron chi connectivity index (χ2n) is 4.67. The van der Waals surface area contributed by atoms with Gasteiger partial charge in [0, 0.05) is 36.7 Å². The first-order valence-electron chi connectivity index (χ1n) is 6.67. The maximum absolute atomic E-state index is 11.2. The fourth-order valence-electron chi connectivity index (χ4n) is 2.48. The summed E-state index contributed by atoms with van der Waals surface area (Å²) in [5.74, 6) is 1.05. The van der Waals surface area contributed by atoms with Gasteiger partial charge in [-0.2, -0.15) is 5.10 Å². The minimum atomic E-state index is 0.0880. The van der Waals surface area contributed by atoms with Crippen molar-refractivity contribution in [3.05, 3.63) is 29.6 Å². The fraction of sp³-hybridized carbons (Fsp3) is 0.429. The van der Waals surface area contributed by atoms with Crippen molar-refractivity contribution in [2.24, 2.45) is 0 Å². The third-order valence-electron chi connectivity index (χ3n) is 3.47. The van der Waals surface area contributed by atoms with Crippen molar-refractivity contribution in [3.8, 4) is 5.75 Å². The Morgan fingerprint density at radius 2 is 2.47 bits per heavy atom. The Balaban J connectivity index is 1.84. The van der Waals surface area contributed by atoms with Crippen LogP contribution in [0.5, 0.6) is 5.75 Å². The molecule has 0 radical (unpaired) electrons. The van der Waals surface area contributed by atoms with Crippen molar-refractivity contribution < 1.29 is 9.53 Å². The smallest absolute Gasteiger partial charge is 0.219 e. The summed E-state index contributed by atoms with van der Waals surface area (Å²) in [4.78, 5) is 11.2. The molecule has 2 aromatic heterocycles. The van der Waals surface area contributed by atoms with E-state index in [4.69, 9.17) is 4.74 Å². The van der Waals surface area contributed by atoms with E-state index in [9.17, 15) is 4.79 Å². The van der Waals surface area contributed by atoms with Gasteiger partial charge in [-0.25, -0.2) is 4.52 Å². The minimum absolute atomic E-state index is 0.0880. The van der Waals surface area contributed by atoms with Crippen LogP contribution in [0.4, 0.5) is 0 Å². The number of amides is 1. The van der Waals surface area contributed by atoms with Crippen LogP contribution in [0, 0.1) is 0 Å². The van der Waals surface area contributed by atoms with Gasteiger partial charge in [-0.3, -0.25) is 4.79 Å². The standard InChI is InChI=1S/C14H17N3O2/c1-2-13(18)15-6-3-10-9-16-17-7-4-12-11(14(10)17)5-8-19-12/h4,7,9H,2-3,5-6,8H2,1H3,(H,15,18). The lowest BCUT2D eigenvalue weighted by molar-refractivity contribution is -0.120. The summed E-state index contributed by atoms with van der Waals surface area (Å²) in [5, 5.41) is 7.26. The molecule has 0 atom stereocenters. The van der Waals surface area contributed by atoms with E-state index in [0.717, 1.165) is 30.7 Å². The van der Waals surface area contributed by atoms with Crippen LogP contribution in [0.25, 0.3) is 5.52 Å². The average Bonchev–Trinajstić information content (AvgIpc) is 3.03. The molecule has 1 aliphatic heterocycles. The van der Waals surface area contributed by atoms with Gasteiger partial charge in [-0.05, 0) is 12.5 Å². The van der Waals surface area contributed by atoms with Crippen LogP contribution >= 0.6 is 0 Å². The molecular formula is C14H17N3O2. The molecule has 0 spiro atoms. The van der Waals surface area contributed by atoms with Crippen LogP contribution < -0.4 is 10.1 Å². The summed E-state index contributed by atoms with van der Waals surface area (Å²) in [6.45, 7) is 3.25. The zero-order chi connectivity index (χ0) is 13.2. The Morgan fingerprint density at radius 3 is 3.32 bits per heavy atom. The molecule has 0 bridgehead atoms. The number of hydrogen-bond acceptors (Lipinski definition) is 3. The highest BCUT2D eigenvalue weighted by molar-refractivity contribution is 5.75. The van der Waals surface area contributed by atoms with Crippen molar-refractivity contribution in [2.45, 2.75) is 26.2 Å². The number of nitrogens with zero attached hydrogens (tertiary/aromatic N) is 2. The van der Waals surface area contributed by atoms with Gasteiger partial charge in [-0.15, -0.1) is 0 Å². The number of hydrogen-bond donors (Lipinski definition) is 1. The van der Waals surface area contributed by atoms with Crippen LogP contribution in [0.2, 0.25) is 0 Å². The highest BCUT2D eigenvalue weighted by Gasteiger charge is 2.18. The van der Waals surface area contributed by atoms with E-state index < -0.39 is 0 Å². The zero-order valence-corrected chi connectivity index (χ0v) is 11.0. The second kappa shape index (κ2) is 4.91. The lowest BCUT2D eigenvalue weighted by atomic mass is 10.1. The summed E-state index contributed by atoms with van der Waals surface area (Å²) in [6, 6.07) is 1.96. The highest BCUT2D eigenvalue weighted by atomic mass is 16.5. The molecule has 0 fully saturated rings. The van der Waals surface area contributed by atoms with E-state index >= 15 is 0 Å². The summed E-state index contributed by atoms with van der Waals surface area (Å²) in [6.07, 6.45) is 6.06. The number of carbonyl (C=O) groups is 1. The maximum Gasteiger partial charge on any atom is 0.219 e. The molecule has 5 nitrogen and oxygen atoms in total. The minimum Gasteiger partial charge on any atom is -0.493 e. The third kappa shape index (κ3) is 2.16. The molecule has 0 unspecified atom stereocenters. The summed E-state index contributed by atoms with van der Waals surface area (Å²) >= 11 is 0. The van der Waals surface area contributed by atoms with Crippen molar-refractivity contribution in [3.63, 3.8) is 0 Å². The van der Waals surface area contributed by atoms with Crippen molar-refractivity contribution in [1.82, 2.24) is 14.9 Å². The van der Waals surface area contributed by atoms with Crippen LogP contribution in [0.15, 0.2) is 18.5 Å². The lowest BCUT2D eigenvalue weighted by Crippen LogP contribution is -2.24. The van der Waals surface area contributed by atoms with Crippen LogP contribution in [-0.4, -0.2) is 28.7 Å². The molecule has 3 heterocycles. The van der Waals surface area contributed by atoms with Gasteiger partial charge in [0.05, 0.1) is 18.3 Å². The molecule has 1 N–H and O–H groups in total. The molecule has 1 aliphatic rings. The predicted octanol–water partition coefficient (Wildman–Crippen LogP) is 1.34. The van der Waals surface area contributed by atoms with Crippen molar-refractivity contribution in [1.29, 1.82) is 0 Å². The summed E-state index contributed by atoms with van der Waals surface area (Å²) in [7, 11) is 0. The third-order valence-corrected chi connectivity index (χ3v) is 3.47. The predicted molar refractivity (Wildman–Crippen MR) is 71.4 cm³/mol. The monoisotopic (exact) mass is 259 g/mol. The molecule has 0 aromatic carbocycles. The summed E-state index contributed by atoms with van der Waals surface area (Å²) in [5.41, 5.74) is 3.54. The molecule has 0 saturated heterocycles. The molecule has 19 heavy (non-hydrogen) atoms. The lowest BCUT2D eigenvalue weighted by Gasteiger charge is -2.05. The zero-order valence-electron chi connectivity index (χ0n) is 11.0. The quantitative estimate of drug-likeness (QED) is 0.901. The molecule has 1 amide bonds. The SMILES string of the molecule is CCC(=O)NCCc1cnn2ccc3c(c12)CCO3. The first kappa shape index (κ1) is 12.0. The van der Waals surface area contributed by atoms with Crippen LogP contribution in [0.3, 0.4) is 0 Å². The largest absolute Gasteiger partial charge is 0.493 e. The molecule has 2 aromatic rings. The van der Waals surface area contributed by atoms with E-state index in [1.807, 2.05) is 29.9 Å². The number of fused-ring (bicyclic) bond motifs is 3.